The molecule has 0 bridgehead atoms. The van der Waals surface area contributed by atoms with Gasteiger partial charge in [0.25, 0.3) is 5.82 Å². The van der Waals surface area contributed by atoms with Crippen LogP contribution in [0.2, 0.25) is 0 Å². The minimum atomic E-state index is 1.17. The number of unbranched alkanes of at least 4 members (excludes halogenated alkanes) is 14. The fourth-order valence-corrected chi connectivity index (χ4v) is 4.58. The zero-order valence-corrected chi connectivity index (χ0v) is 20.7. The maximum atomic E-state index is 2.52. The van der Waals surface area contributed by atoms with Crippen molar-refractivity contribution in [1.82, 2.24) is 4.57 Å². The molecular weight excluding hydrogens is 376 g/mol. The molecule has 0 radical (unpaired) electrons. The maximum Gasteiger partial charge on any atom is 0.261 e. The van der Waals surface area contributed by atoms with Crippen molar-refractivity contribution >= 4 is 0 Å². The Kier molecular flexibility index (Phi) is 14.1. The number of imidazole rings is 1. The molecule has 2 heteroatoms. The molecule has 2 aromatic rings. The smallest absolute Gasteiger partial charge is 0.234 e. The minimum Gasteiger partial charge on any atom is -0.234 e. The van der Waals surface area contributed by atoms with Crippen molar-refractivity contribution in [2.45, 2.75) is 130 Å². The van der Waals surface area contributed by atoms with Gasteiger partial charge in [0.05, 0.1) is 6.54 Å². The molecule has 0 aliphatic carbocycles. The van der Waals surface area contributed by atoms with Crippen LogP contribution in [0.15, 0.2) is 42.7 Å². The van der Waals surface area contributed by atoms with Crippen molar-refractivity contribution in [1.29, 1.82) is 0 Å². The first kappa shape index (κ1) is 25.7. The standard InChI is InChI=1S/C29H49N2/c1-3-5-7-8-9-10-11-12-13-14-15-16-21-25-30-26-27-31(28-22-19-17-20-23-28)29(30)24-18-6-4-2/h17,19-20,22-23,26-27H,3-16,18,21,24-25H2,1-2H3/q+1. The van der Waals surface area contributed by atoms with E-state index in [1.165, 1.54) is 127 Å². The summed E-state index contributed by atoms with van der Waals surface area (Å²) in [6.07, 6.45) is 28.1. The summed E-state index contributed by atoms with van der Waals surface area (Å²) in [5, 5.41) is 0. The summed E-state index contributed by atoms with van der Waals surface area (Å²) in [5.41, 5.74) is 1.29. The SMILES string of the molecule is CCCCCCCCCCCCCCC[n+]1ccn(-c2ccccc2)c1CCCCC. The summed E-state index contributed by atoms with van der Waals surface area (Å²) >= 11 is 0. The Bertz CT molecular complexity index is 659. The average molecular weight is 426 g/mol. The van der Waals surface area contributed by atoms with E-state index in [0.717, 1.165) is 0 Å². The van der Waals surface area contributed by atoms with Crippen LogP contribution in [0.1, 0.15) is 122 Å². The second kappa shape index (κ2) is 17.0. The number of rotatable bonds is 19. The van der Waals surface area contributed by atoms with Crippen molar-refractivity contribution < 1.29 is 4.57 Å². The van der Waals surface area contributed by atoms with Gasteiger partial charge in [0, 0.05) is 6.42 Å². The van der Waals surface area contributed by atoms with E-state index in [9.17, 15) is 0 Å². The molecule has 0 fully saturated rings. The Balaban J connectivity index is 1.63. The molecule has 1 heterocycles. The van der Waals surface area contributed by atoms with Crippen molar-refractivity contribution in [3.8, 4) is 5.69 Å². The fourth-order valence-electron chi connectivity index (χ4n) is 4.58. The second-order valence-electron chi connectivity index (χ2n) is 9.31. The number of hydrogen-bond donors (Lipinski definition) is 0. The second-order valence-corrected chi connectivity index (χ2v) is 9.31. The third-order valence-electron chi connectivity index (χ3n) is 6.55. The molecule has 0 N–H and O–H groups in total. The van der Waals surface area contributed by atoms with Crippen LogP contribution in [-0.4, -0.2) is 4.57 Å². The van der Waals surface area contributed by atoms with Crippen LogP contribution in [0, 0.1) is 0 Å². The molecular formula is C29H49N2+. The lowest BCUT2D eigenvalue weighted by molar-refractivity contribution is -0.704. The Morgan fingerprint density at radius 1 is 0.613 bits per heavy atom. The van der Waals surface area contributed by atoms with Crippen LogP contribution in [0.3, 0.4) is 0 Å². The van der Waals surface area contributed by atoms with Crippen LogP contribution in [0.25, 0.3) is 5.69 Å². The van der Waals surface area contributed by atoms with Gasteiger partial charge in [-0.2, -0.15) is 4.57 Å². The van der Waals surface area contributed by atoms with Crippen molar-refractivity contribution in [2.75, 3.05) is 0 Å². The van der Waals surface area contributed by atoms with E-state index in [1.807, 2.05) is 0 Å². The van der Waals surface area contributed by atoms with E-state index < -0.39 is 0 Å². The number of para-hydroxylation sites is 1. The Morgan fingerprint density at radius 2 is 1.13 bits per heavy atom. The van der Waals surface area contributed by atoms with Gasteiger partial charge in [0.2, 0.25) is 0 Å². The lowest BCUT2D eigenvalue weighted by Crippen LogP contribution is -2.37. The van der Waals surface area contributed by atoms with E-state index in [-0.39, 0.29) is 0 Å². The summed E-state index contributed by atoms with van der Waals surface area (Å²) in [4.78, 5) is 0. The molecule has 0 atom stereocenters. The molecule has 0 saturated heterocycles. The molecule has 0 spiro atoms. The molecule has 0 amide bonds. The quantitative estimate of drug-likeness (QED) is 0.157. The molecule has 0 saturated carbocycles. The molecule has 0 aliphatic heterocycles. The highest BCUT2D eigenvalue weighted by Gasteiger charge is 2.17. The number of aryl methyl sites for hydroxylation is 1. The number of nitrogens with zero attached hydrogens (tertiary/aromatic N) is 2. The zero-order chi connectivity index (χ0) is 22.0. The van der Waals surface area contributed by atoms with Crippen LogP contribution < -0.4 is 4.57 Å². The molecule has 1 aromatic carbocycles. The molecule has 0 aliphatic rings. The van der Waals surface area contributed by atoms with E-state index in [0.29, 0.717) is 0 Å². The van der Waals surface area contributed by atoms with Gasteiger partial charge in [-0.1, -0.05) is 116 Å². The van der Waals surface area contributed by atoms with Crippen LogP contribution in [0.4, 0.5) is 0 Å². The van der Waals surface area contributed by atoms with E-state index >= 15 is 0 Å². The lowest BCUT2D eigenvalue weighted by atomic mass is 10.0. The maximum absolute atomic E-state index is 2.52. The fraction of sp³-hybridized carbons (Fsp3) is 0.690. The van der Waals surface area contributed by atoms with Gasteiger partial charge in [-0.05, 0) is 31.4 Å². The number of benzene rings is 1. The summed E-state index contributed by atoms with van der Waals surface area (Å²) in [5.74, 6) is 1.47. The largest absolute Gasteiger partial charge is 0.261 e. The number of hydrogen-bond acceptors (Lipinski definition) is 0. The average Bonchev–Trinajstić information content (AvgIpc) is 3.20. The molecule has 31 heavy (non-hydrogen) atoms. The molecule has 174 valence electrons. The monoisotopic (exact) mass is 425 g/mol. The Hall–Kier alpha value is -1.57. The van der Waals surface area contributed by atoms with Crippen molar-refractivity contribution in [3.63, 3.8) is 0 Å². The van der Waals surface area contributed by atoms with Crippen molar-refractivity contribution in [2.24, 2.45) is 0 Å². The van der Waals surface area contributed by atoms with Crippen molar-refractivity contribution in [3.05, 3.63) is 48.5 Å². The third-order valence-corrected chi connectivity index (χ3v) is 6.55. The highest BCUT2D eigenvalue weighted by atomic mass is 15.1. The first-order valence-electron chi connectivity index (χ1n) is 13.5. The summed E-state index contributed by atoms with van der Waals surface area (Å²) in [7, 11) is 0. The van der Waals surface area contributed by atoms with Gasteiger partial charge in [-0.25, -0.2) is 4.57 Å². The first-order chi connectivity index (χ1) is 15.4. The topological polar surface area (TPSA) is 8.81 Å². The Morgan fingerprint density at radius 3 is 1.71 bits per heavy atom. The highest BCUT2D eigenvalue weighted by Crippen LogP contribution is 2.14. The summed E-state index contributed by atoms with van der Waals surface area (Å²) in [6, 6.07) is 10.8. The van der Waals surface area contributed by atoms with E-state index in [1.54, 1.807) is 0 Å². The van der Waals surface area contributed by atoms with E-state index in [4.69, 9.17) is 0 Å². The van der Waals surface area contributed by atoms with Crippen LogP contribution in [0.5, 0.6) is 0 Å². The van der Waals surface area contributed by atoms with E-state index in [2.05, 4.69) is 65.7 Å². The zero-order valence-electron chi connectivity index (χ0n) is 20.7. The molecule has 1 aromatic heterocycles. The van der Waals surface area contributed by atoms with Crippen LogP contribution >= 0.6 is 0 Å². The van der Waals surface area contributed by atoms with Gasteiger partial charge in [0.1, 0.15) is 18.1 Å². The summed E-state index contributed by atoms with van der Waals surface area (Å²) < 4.78 is 4.92. The first-order valence-corrected chi connectivity index (χ1v) is 13.5. The predicted molar refractivity (Wildman–Crippen MR) is 135 cm³/mol. The number of aromatic nitrogens is 2. The normalized spacial score (nSPS) is 11.3. The van der Waals surface area contributed by atoms with Crippen LogP contribution in [-0.2, 0) is 13.0 Å². The third kappa shape index (κ3) is 10.5. The lowest BCUT2D eigenvalue weighted by Gasteiger charge is -2.06. The van der Waals surface area contributed by atoms with Gasteiger partial charge < -0.3 is 0 Å². The minimum absolute atomic E-state index is 1.17. The predicted octanol–water partition coefficient (Wildman–Crippen LogP) is 8.59. The molecule has 0 unspecified atom stereocenters. The highest BCUT2D eigenvalue weighted by molar-refractivity contribution is 5.31. The van der Waals surface area contributed by atoms with Gasteiger partial charge in [0.15, 0.2) is 0 Å². The van der Waals surface area contributed by atoms with Gasteiger partial charge in [-0.3, -0.25) is 0 Å². The van der Waals surface area contributed by atoms with Gasteiger partial charge >= 0.3 is 0 Å². The summed E-state index contributed by atoms with van der Waals surface area (Å²) in [6.45, 7) is 5.75. The van der Waals surface area contributed by atoms with Gasteiger partial charge in [-0.15, -0.1) is 0 Å². The molecule has 2 nitrogen and oxygen atoms in total. The Labute approximate surface area is 193 Å². The molecule has 2 rings (SSSR count).